The smallest absolute Gasteiger partial charge is 0.328 e. The minimum Gasteiger partial charge on any atom is -0.492 e. The molecular formula is C20H27N3O5S2. The molecule has 1 aromatic carbocycles. The number of nitrogens with one attached hydrogen (secondary N) is 3. The molecule has 1 aromatic heterocycles. The van der Waals surface area contributed by atoms with Crippen molar-refractivity contribution < 1.29 is 22.7 Å². The fourth-order valence-electron chi connectivity index (χ4n) is 2.70. The number of hydrogen-bond acceptors (Lipinski definition) is 6. The highest BCUT2D eigenvalue weighted by Crippen LogP contribution is 2.26. The van der Waals surface area contributed by atoms with Crippen molar-refractivity contribution in [2.24, 2.45) is 0 Å². The van der Waals surface area contributed by atoms with Crippen LogP contribution in [0.15, 0.2) is 39.9 Å². The molecule has 3 amide bonds. The molecule has 2 aromatic rings. The lowest BCUT2D eigenvalue weighted by atomic mass is 9.97. The number of urea groups is 1. The van der Waals surface area contributed by atoms with E-state index in [1.807, 2.05) is 42.3 Å². The molecule has 0 atom stereocenters. The van der Waals surface area contributed by atoms with Crippen LogP contribution in [-0.4, -0.2) is 34.0 Å². The molecule has 2 rings (SSSR count). The van der Waals surface area contributed by atoms with Gasteiger partial charge in [-0.05, 0) is 60.4 Å². The van der Waals surface area contributed by atoms with Crippen molar-refractivity contribution in [2.45, 2.75) is 44.0 Å². The minimum atomic E-state index is -4.18. The van der Waals surface area contributed by atoms with E-state index in [-0.39, 0.29) is 23.0 Å². The summed E-state index contributed by atoms with van der Waals surface area (Å²) in [6, 6.07) is 5.58. The fraction of sp³-hybridized carbons (Fsp3) is 0.400. The standard InChI is InChI=1S/C20H27N3O5S2/c1-5-9-28-16-7-6-14(11-17(16)30(26,27)23-19(25)21-4)12-18(24)22-20(2,3)15-8-10-29-13-15/h6-8,10-11,13H,5,9,12H2,1-4H3,(H,22,24)(H2,21,23,25). The van der Waals surface area contributed by atoms with E-state index in [9.17, 15) is 18.0 Å². The summed E-state index contributed by atoms with van der Waals surface area (Å²) in [5.41, 5.74) is 0.911. The molecule has 1 heterocycles. The summed E-state index contributed by atoms with van der Waals surface area (Å²) in [7, 11) is -2.86. The van der Waals surface area contributed by atoms with Gasteiger partial charge in [-0.15, -0.1) is 0 Å². The van der Waals surface area contributed by atoms with E-state index in [1.54, 1.807) is 17.4 Å². The molecule has 8 nitrogen and oxygen atoms in total. The van der Waals surface area contributed by atoms with Gasteiger partial charge in [0.05, 0.1) is 18.6 Å². The number of carbonyl (C=O) groups is 2. The zero-order chi connectivity index (χ0) is 22.4. The Hall–Kier alpha value is -2.59. The van der Waals surface area contributed by atoms with Gasteiger partial charge in [-0.2, -0.15) is 11.3 Å². The van der Waals surface area contributed by atoms with Crippen LogP contribution in [0.3, 0.4) is 0 Å². The van der Waals surface area contributed by atoms with Gasteiger partial charge in [0.1, 0.15) is 10.6 Å². The quantitative estimate of drug-likeness (QED) is 0.540. The molecule has 0 unspecified atom stereocenters. The van der Waals surface area contributed by atoms with E-state index in [0.29, 0.717) is 18.6 Å². The van der Waals surface area contributed by atoms with Gasteiger partial charge in [0, 0.05) is 7.05 Å². The SMILES string of the molecule is CCCOc1ccc(CC(=O)NC(C)(C)c2ccsc2)cc1S(=O)(=O)NC(=O)NC. The Bertz CT molecular complexity index is 986. The number of amides is 3. The fourth-order valence-corrected chi connectivity index (χ4v) is 4.68. The van der Waals surface area contributed by atoms with Gasteiger partial charge >= 0.3 is 6.03 Å². The summed E-state index contributed by atoms with van der Waals surface area (Å²) in [5.74, 6) is -0.132. The molecule has 0 aliphatic rings. The average Bonchev–Trinajstić information content (AvgIpc) is 3.22. The van der Waals surface area contributed by atoms with Gasteiger partial charge in [-0.3, -0.25) is 4.79 Å². The number of ether oxygens (including phenoxy) is 1. The van der Waals surface area contributed by atoms with Crippen LogP contribution in [0.25, 0.3) is 0 Å². The lowest BCUT2D eigenvalue weighted by molar-refractivity contribution is -0.122. The molecule has 10 heteroatoms. The Morgan fingerprint density at radius 2 is 1.93 bits per heavy atom. The van der Waals surface area contributed by atoms with Gasteiger partial charge in [0.2, 0.25) is 5.91 Å². The predicted molar refractivity (Wildman–Crippen MR) is 116 cm³/mol. The largest absolute Gasteiger partial charge is 0.492 e. The number of thiophene rings is 1. The number of benzene rings is 1. The lowest BCUT2D eigenvalue weighted by Crippen LogP contribution is -2.41. The molecule has 0 saturated heterocycles. The third kappa shape index (κ3) is 6.20. The van der Waals surface area contributed by atoms with Gasteiger partial charge < -0.3 is 15.4 Å². The maximum absolute atomic E-state index is 12.7. The summed E-state index contributed by atoms with van der Waals surface area (Å²) in [6.45, 7) is 6.01. The van der Waals surface area contributed by atoms with E-state index in [4.69, 9.17) is 4.74 Å². The molecule has 164 valence electrons. The first kappa shape index (κ1) is 23.7. The zero-order valence-corrected chi connectivity index (χ0v) is 19.1. The van der Waals surface area contributed by atoms with Crippen molar-refractivity contribution in [2.75, 3.05) is 13.7 Å². The van der Waals surface area contributed by atoms with Crippen molar-refractivity contribution in [1.82, 2.24) is 15.4 Å². The van der Waals surface area contributed by atoms with Crippen molar-refractivity contribution >= 4 is 33.3 Å². The summed E-state index contributed by atoms with van der Waals surface area (Å²) in [6.07, 6.45) is 0.661. The normalized spacial score (nSPS) is 11.6. The first-order valence-corrected chi connectivity index (χ1v) is 11.9. The van der Waals surface area contributed by atoms with Crippen molar-refractivity contribution in [3.05, 3.63) is 46.2 Å². The third-order valence-corrected chi connectivity index (χ3v) is 6.31. The van der Waals surface area contributed by atoms with Gasteiger partial charge in [-0.25, -0.2) is 17.9 Å². The first-order chi connectivity index (χ1) is 14.1. The number of rotatable bonds is 9. The molecule has 3 N–H and O–H groups in total. The molecule has 0 spiro atoms. The van der Waals surface area contributed by atoms with Gasteiger partial charge in [-0.1, -0.05) is 13.0 Å². The van der Waals surface area contributed by atoms with Crippen LogP contribution in [-0.2, 0) is 26.8 Å². The van der Waals surface area contributed by atoms with E-state index >= 15 is 0 Å². The number of hydrogen-bond donors (Lipinski definition) is 3. The lowest BCUT2D eigenvalue weighted by Gasteiger charge is -2.25. The van der Waals surface area contributed by atoms with Crippen LogP contribution in [0.5, 0.6) is 5.75 Å². The molecule has 0 saturated carbocycles. The van der Waals surface area contributed by atoms with E-state index < -0.39 is 21.6 Å². The van der Waals surface area contributed by atoms with E-state index in [0.717, 1.165) is 5.56 Å². The first-order valence-electron chi connectivity index (χ1n) is 9.43. The Morgan fingerprint density at radius 1 is 1.20 bits per heavy atom. The molecule has 0 fully saturated rings. The van der Waals surface area contributed by atoms with Crippen molar-refractivity contribution in [3.63, 3.8) is 0 Å². The predicted octanol–water partition coefficient (Wildman–Crippen LogP) is 2.75. The second-order valence-electron chi connectivity index (χ2n) is 7.18. The van der Waals surface area contributed by atoms with Crippen LogP contribution >= 0.6 is 11.3 Å². The molecule has 0 aliphatic heterocycles. The van der Waals surface area contributed by atoms with E-state index in [2.05, 4.69) is 10.6 Å². The highest BCUT2D eigenvalue weighted by atomic mass is 32.2. The van der Waals surface area contributed by atoms with Crippen molar-refractivity contribution in [3.8, 4) is 5.75 Å². The average molecular weight is 454 g/mol. The van der Waals surface area contributed by atoms with Crippen LogP contribution in [0.2, 0.25) is 0 Å². The molecule has 0 aliphatic carbocycles. The van der Waals surface area contributed by atoms with Gasteiger partial charge in [0.25, 0.3) is 10.0 Å². The van der Waals surface area contributed by atoms with Crippen LogP contribution < -0.4 is 20.1 Å². The van der Waals surface area contributed by atoms with E-state index in [1.165, 1.54) is 19.2 Å². The topological polar surface area (TPSA) is 114 Å². The Labute approximate surface area is 181 Å². The highest BCUT2D eigenvalue weighted by Gasteiger charge is 2.25. The number of sulfonamides is 1. The second-order valence-corrected chi connectivity index (χ2v) is 9.61. The summed E-state index contributed by atoms with van der Waals surface area (Å²) >= 11 is 1.55. The van der Waals surface area contributed by atoms with Crippen LogP contribution in [0.4, 0.5) is 4.79 Å². The molecule has 0 bridgehead atoms. The van der Waals surface area contributed by atoms with Crippen molar-refractivity contribution in [1.29, 1.82) is 0 Å². The summed E-state index contributed by atoms with van der Waals surface area (Å²) in [5, 5.41) is 9.08. The van der Waals surface area contributed by atoms with Crippen LogP contribution in [0, 0.1) is 0 Å². The Balaban J connectivity index is 2.26. The molecular weight excluding hydrogens is 426 g/mol. The minimum absolute atomic E-state index is 0.0237. The second kappa shape index (κ2) is 9.94. The monoisotopic (exact) mass is 453 g/mol. The zero-order valence-electron chi connectivity index (χ0n) is 17.4. The Kier molecular flexibility index (Phi) is 7.85. The van der Waals surface area contributed by atoms with Crippen LogP contribution in [0.1, 0.15) is 38.3 Å². The maximum Gasteiger partial charge on any atom is 0.328 e. The highest BCUT2D eigenvalue weighted by molar-refractivity contribution is 7.90. The molecule has 0 radical (unpaired) electrons. The summed E-state index contributed by atoms with van der Waals surface area (Å²) < 4.78 is 32.8. The maximum atomic E-state index is 12.7. The van der Waals surface area contributed by atoms with Gasteiger partial charge in [0.15, 0.2) is 0 Å². The molecule has 30 heavy (non-hydrogen) atoms. The third-order valence-electron chi connectivity index (χ3n) is 4.27. The summed E-state index contributed by atoms with van der Waals surface area (Å²) in [4.78, 5) is 24.0. The number of carbonyl (C=O) groups excluding carboxylic acids is 2. The Morgan fingerprint density at radius 3 is 2.53 bits per heavy atom.